The molecule has 0 spiro atoms. The van der Waals surface area contributed by atoms with Crippen molar-refractivity contribution in [2.75, 3.05) is 5.32 Å². The smallest absolute Gasteiger partial charge is 0.419 e. The number of fused-ring (bicyclic) bond motifs is 1. The van der Waals surface area contributed by atoms with Crippen LogP contribution in [0.4, 0.5) is 36.8 Å². The lowest BCUT2D eigenvalue weighted by Gasteiger charge is -2.23. The molecule has 0 aliphatic carbocycles. The molecule has 3 amide bonds. The molecule has 0 bridgehead atoms. The molecule has 1 fully saturated rings. The number of rotatable bonds is 7. The fourth-order valence-corrected chi connectivity index (χ4v) is 4.92. The number of ether oxygens (including phenoxy) is 1. The van der Waals surface area contributed by atoms with Crippen molar-refractivity contribution in [1.82, 2.24) is 5.32 Å². The molecule has 7 nitrogen and oxygen atoms in total. The van der Waals surface area contributed by atoms with Crippen LogP contribution in [0.3, 0.4) is 0 Å². The Hall–Kier alpha value is -3.68. The minimum absolute atomic E-state index is 0.0349. The molecule has 1 aliphatic rings. The number of imide groups is 1. The third-order valence-electron chi connectivity index (χ3n) is 5.83. The number of furan rings is 1. The van der Waals surface area contributed by atoms with Gasteiger partial charge in [-0.05, 0) is 24.1 Å². The minimum atomic E-state index is -5.42. The number of hydrogen-bond donors (Lipinski definition) is 2. The van der Waals surface area contributed by atoms with Gasteiger partial charge in [0.15, 0.2) is 6.10 Å². The number of thioether (sulfide) groups is 1. The van der Waals surface area contributed by atoms with Crippen LogP contribution in [-0.4, -0.2) is 28.4 Å². The van der Waals surface area contributed by atoms with Gasteiger partial charge in [0, 0.05) is 17.4 Å². The molecule has 39 heavy (non-hydrogen) atoms. The number of nitrogens with one attached hydrogen (secondary N) is 2. The van der Waals surface area contributed by atoms with E-state index in [1.54, 1.807) is 24.3 Å². The van der Waals surface area contributed by atoms with Gasteiger partial charge < -0.3 is 14.5 Å². The van der Waals surface area contributed by atoms with Crippen LogP contribution in [0.25, 0.3) is 11.0 Å². The predicted octanol–water partition coefficient (Wildman–Crippen LogP) is 6.41. The molecule has 4 rings (SSSR count). The Morgan fingerprint density at radius 3 is 2.33 bits per heavy atom. The zero-order chi connectivity index (χ0) is 28.7. The van der Waals surface area contributed by atoms with Gasteiger partial charge in [0.25, 0.3) is 17.1 Å². The average Bonchev–Trinajstić information content (AvgIpc) is 3.34. The van der Waals surface area contributed by atoms with Crippen LogP contribution in [0.5, 0.6) is 5.95 Å². The molecule has 2 unspecified atom stereocenters. The van der Waals surface area contributed by atoms with E-state index in [0.29, 0.717) is 22.6 Å². The van der Waals surface area contributed by atoms with Crippen LogP contribution < -0.4 is 15.4 Å². The minimum Gasteiger partial charge on any atom is -0.451 e. The van der Waals surface area contributed by atoms with Gasteiger partial charge in [-0.1, -0.05) is 49.9 Å². The van der Waals surface area contributed by atoms with Gasteiger partial charge in [0.1, 0.15) is 5.58 Å². The third kappa shape index (κ3) is 6.00. The molecule has 2 N–H and O–H groups in total. The summed E-state index contributed by atoms with van der Waals surface area (Å²) in [6, 6.07) is 8.31. The molecule has 14 heteroatoms. The van der Waals surface area contributed by atoms with Gasteiger partial charge in [-0.3, -0.25) is 19.7 Å². The first-order valence-corrected chi connectivity index (χ1v) is 12.3. The van der Waals surface area contributed by atoms with Crippen molar-refractivity contribution in [3.63, 3.8) is 0 Å². The van der Waals surface area contributed by atoms with Crippen LogP contribution >= 0.6 is 11.8 Å². The number of alkyl halides is 6. The van der Waals surface area contributed by atoms with Crippen molar-refractivity contribution in [2.45, 2.75) is 44.0 Å². The fourth-order valence-electron chi connectivity index (χ4n) is 4.09. The second-order valence-electron chi connectivity index (χ2n) is 8.95. The largest absolute Gasteiger partial charge is 0.451 e. The van der Waals surface area contributed by atoms with E-state index in [2.05, 4.69) is 5.32 Å². The molecule has 0 radical (unpaired) electrons. The Morgan fingerprint density at radius 2 is 1.74 bits per heavy atom. The van der Waals surface area contributed by atoms with E-state index in [9.17, 15) is 40.7 Å². The Bertz CT molecular complexity index is 1430. The highest BCUT2D eigenvalue weighted by molar-refractivity contribution is 8.15. The van der Waals surface area contributed by atoms with E-state index in [0.717, 1.165) is 17.8 Å². The zero-order valence-electron chi connectivity index (χ0n) is 20.2. The summed E-state index contributed by atoms with van der Waals surface area (Å²) in [6.45, 7) is 3.03. The van der Waals surface area contributed by atoms with Gasteiger partial charge in [0.05, 0.1) is 22.1 Å². The molecule has 1 aromatic heterocycles. The zero-order valence-corrected chi connectivity index (χ0v) is 21.0. The Balaban J connectivity index is 1.68. The molecular formula is C25H20F6N2O5S. The molecule has 208 valence electrons. The maximum atomic E-state index is 13.7. The highest BCUT2D eigenvalue weighted by Gasteiger charge is 2.45. The highest BCUT2D eigenvalue weighted by atomic mass is 32.2. The van der Waals surface area contributed by atoms with Gasteiger partial charge in [-0.15, -0.1) is 0 Å². The Kier molecular flexibility index (Phi) is 7.61. The summed E-state index contributed by atoms with van der Waals surface area (Å²) in [5.74, 6) is -2.58. The first kappa shape index (κ1) is 28.3. The SMILES string of the molecule is CC(C)C(Oc1oc2ccccc2c1CC1SC(=O)NC1=O)C(=O)Nc1cccc(C(F)(F)F)c1C(F)(F)F. The summed E-state index contributed by atoms with van der Waals surface area (Å²) >= 11 is 0.755. The molecule has 0 saturated carbocycles. The van der Waals surface area contributed by atoms with Crippen LogP contribution in [-0.2, 0) is 28.4 Å². The van der Waals surface area contributed by atoms with Crippen LogP contribution in [0.1, 0.15) is 30.5 Å². The van der Waals surface area contributed by atoms with Gasteiger partial charge in [-0.25, -0.2) is 0 Å². The van der Waals surface area contributed by atoms with Crippen LogP contribution in [0.15, 0.2) is 46.9 Å². The lowest BCUT2D eigenvalue weighted by Crippen LogP contribution is -2.38. The first-order valence-electron chi connectivity index (χ1n) is 11.4. The van der Waals surface area contributed by atoms with Crippen LogP contribution in [0, 0.1) is 5.92 Å². The van der Waals surface area contributed by atoms with E-state index >= 15 is 0 Å². The molecule has 2 atom stereocenters. The van der Waals surface area contributed by atoms with Crippen LogP contribution in [0.2, 0.25) is 0 Å². The van der Waals surface area contributed by atoms with E-state index in [1.165, 1.54) is 13.8 Å². The lowest BCUT2D eigenvalue weighted by atomic mass is 10.0. The quantitative estimate of drug-likeness (QED) is 0.317. The third-order valence-corrected chi connectivity index (χ3v) is 6.81. The molecular weight excluding hydrogens is 554 g/mol. The van der Waals surface area contributed by atoms with Crippen molar-refractivity contribution in [3.8, 4) is 5.95 Å². The second kappa shape index (κ2) is 10.5. The molecule has 1 aliphatic heterocycles. The van der Waals surface area contributed by atoms with E-state index < -0.39 is 63.5 Å². The van der Waals surface area contributed by atoms with Crippen molar-refractivity contribution in [2.24, 2.45) is 5.92 Å². The predicted molar refractivity (Wildman–Crippen MR) is 129 cm³/mol. The molecule has 2 heterocycles. The first-order chi connectivity index (χ1) is 18.2. The summed E-state index contributed by atoms with van der Waals surface area (Å²) in [5, 5.41) is 3.24. The molecule has 2 aromatic carbocycles. The fraction of sp³-hybridized carbons (Fsp3) is 0.320. The summed E-state index contributed by atoms with van der Waals surface area (Å²) < 4.78 is 92.5. The maximum Gasteiger partial charge on any atom is 0.419 e. The topological polar surface area (TPSA) is 97.6 Å². The number of halogens is 6. The number of amides is 3. The summed E-state index contributed by atoms with van der Waals surface area (Å²) in [5.41, 5.74) is -4.42. The number of carbonyl (C=O) groups excluding carboxylic acids is 3. The van der Waals surface area contributed by atoms with Crippen molar-refractivity contribution >= 4 is 45.5 Å². The van der Waals surface area contributed by atoms with Gasteiger partial charge in [-0.2, -0.15) is 26.3 Å². The monoisotopic (exact) mass is 574 g/mol. The molecule has 3 aromatic rings. The van der Waals surface area contributed by atoms with Crippen molar-refractivity contribution in [3.05, 3.63) is 59.2 Å². The Morgan fingerprint density at radius 1 is 1.05 bits per heavy atom. The normalized spacial score (nSPS) is 17.0. The number of benzene rings is 2. The highest BCUT2D eigenvalue weighted by Crippen LogP contribution is 2.44. The standard InChI is InChI=1S/C25H20F6N2O5S/c1-11(2)19(21(35)32-15-8-5-7-14(24(26,27)28)18(15)25(29,30)31)38-22-13(10-17-20(34)33-23(36)39-17)12-6-3-4-9-16(12)37-22/h3-9,11,17,19H,10H2,1-2H3,(H,32,35)(H,33,34,36). The van der Waals surface area contributed by atoms with Gasteiger partial charge >= 0.3 is 12.4 Å². The summed E-state index contributed by atoms with van der Waals surface area (Å²) in [6.07, 6.45) is -12.3. The summed E-state index contributed by atoms with van der Waals surface area (Å²) in [7, 11) is 0. The van der Waals surface area contributed by atoms with Crippen molar-refractivity contribution in [1.29, 1.82) is 0 Å². The number of anilines is 1. The van der Waals surface area contributed by atoms with Gasteiger partial charge in [0.2, 0.25) is 5.91 Å². The average molecular weight is 574 g/mol. The lowest BCUT2D eigenvalue weighted by molar-refractivity contribution is -0.161. The number of carbonyl (C=O) groups is 3. The number of para-hydroxylation sites is 1. The van der Waals surface area contributed by atoms with E-state index in [1.807, 2.05) is 5.32 Å². The Labute approximate surface area is 221 Å². The van der Waals surface area contributed by atoms with E-state index in [-0.39, 0.29) is 18.4 Å². The number of hydrogen-bond acceptors (Lipinski definition) is 6. The molecule has 1 saturated heterocycles. The second-order valence-corrected chi connectivity index (χ2v) is 10.1. The van der Waals surface area contributed by atoms with E-state index in [4.69, 9.17) is 9.15 Å². The maximum absolute atomic E-state index is 13.7. The van der Waals surface area contributed by atoms with Crippen molar-refractivity contribution < 1.29 is 49.9 Å². The summed E-state index contributed by atoms with van der Waals surface area (Å²) in [4.78, 5) is 36.9.